The fourth-order valence-electron chi connectivity index (χ4n) is 2.50. The van der Waals surface area contributed by atoms with Gasteiger partial charge in [0, 0.05) is 13.1 Å². The lowest BCUT2D eigenvalue weighted by Crippen LogP contribution is -2.33. The third-order valence-electron chi connectivity index (χ3n) is 3.86. The highest BCUT2D eigenvalue weighted by Crippen LogP contribution is 2.31. The molecule has 29 heavy (non-hydrogen) atoms. The fraction of sp³-hybridized carbons (Fsp3) is 0.500. The average molecular weight is 480 g/mol. The molecule has 0 unspecified atom stereocenters. The molecule has 1 fully saturated rings. The van der Waals surface area contributed by atoms with Gasteiger partial charge in [-0.25, -0.2) is 15.0 Å². The first kappa shape index (κ1) is 23.9. The summed E-state index contributed by atoms with van der Waals surface area (Å²) in [7, 11) is 0. The second-order valence-electron chi connectivity index (χ2n) is 5.78. The topological polar surface area (TPSA) is 164 Å². The van der Waals surface area contributed by atoms with Crippen LogP contribution in [0.5, 0.6) is 0 Å². The molecule has 0 aromatic carbocycles. The number of ether oxygens (including phenoxy) is 1. The third kappa shape index (κ3) is 6.32. The van der Waals surface area contributed by atoms with Crippen molar-refractivity contribution in [3.8, 4) is 0 Å². The van der Waals surface area contributed by atoms with Gasteiger partial charge in [0.25, 0.3) is 0 Å². The van der Waals surface area contributed by atoms with Crippen LogP contribution in [-0.4, -0.2) is 81.5 Å². The smallest absolute Gasteiger partial charge is 0.167 e. The van der Waals surface area contributed by atoms with Crippen molar-refractivity contribution in [1.29, 1.82) is 0 Å². The van der Waals surface area contributed by atoms with Crippen molar-refractivity contribution in [3.05, 3.63) is 12.7 Å². The van der Waals surface area contributed by atoms with E-state index in [9.17, 15) is 10.2 Å². The van der Waals surface area contributed by atoms with E-state index >= 15 is 0 Å². The van der Waals surface area contributed by atoms with Gasteiger partial charge in [0.2, 0.25) is 0 Å². The van der Waals surface area contributed by atoms with Crippen molar-refractivity contribution in [2.24, 2.45) is 0 Å². The number of nitrogens with zero attached hydrogens (tertiary/aromatic N) is 4. The van der Waals surface area contributed by atoms with Gasteiger partial charge in [-0.1, -0.05) is 24.4 Å². The van der Waals surface area contributed by atoms with Crippen LogP contribution < -0.4 is 16.4 Å². The molecule has 0 aliphatic carbocycles. The minimum atomic E-state index is -1.19. The van der Waals surface area contributed by atoms with Gasteiger partial charge in [0.1, 0.15) is 38.8 Å². The molecule has 0 radical (unpaired) electrons. The Morgan fingerprint density at radius 2 is 1.76 bits per heavy atom. The molecule has 0 amide bonds. The third-order valence-corrected chi connectivity index (χ3v) is 4.46. The van der Waals surface area contributed by atoms with Crippen LogP contribution in [0.4, 0.5) is 5.82 Å². The molecule has 0 spiro atoms. The van der Waals surface area contributed by atoms with Crippen LogP contribution in [0.15, 0.2) is 12.7 Å². The number of fused-ring (bicyclic) bond motifs is 1. The Bertz CT molecular complexity index is 838. The monoisotopic (exact) mass is 479 g/mol. The molecule has 3 heterocycles. The van der Waals surface area contributed by atoms with Crippen molar-refractivity contribution in [2.75, 3.05) is 25.4 Å². The lowest BCUT2D eigenvalue weighted by molar-refractivity contribution is -0.0511. The summed E-state index contributed by atoms with van der Waals surface area (Å²) < 4.78 is 7.84. The van der Waals surface area contributed by atoms with Crippen LogP contribution in [0.25, 0.3) is 11.2 Å². The van der Waals surface area contributed by atoms with Crippen LogP contribution in [0.2, 0.25) is 0 Å². The number of hydrogen-bond donors (Lipinski definition) is 8. The van der Waals surface area contributed by atoms with E-state index in [1.165, 1.54) is 17.2 Å². The van der Waals surface area contributed by atoms with Gasteiger partial charge in [-0.05, 0) is 0 Å². The number of aliphatic hydroxyl groups excluding tert-OH is 3. The number of aromatic nitrogens is 4. The van der Waals surface area contributed by atoms with Gasteiger partial charge in [-0.2, -0.15) is 0 Å². The predicted octanol–water partition coefficient (Wildman–Crippen LogP) is -1.39. The zero-order chi connectivity index (χ0) is 21.6. The van der Waals surface area contributed by atoms with Crippen LogP contribution >= 0.6 is 49.7 Å². The summed E-state index contributed by atoms with van der Waals surface area (Å²) in [5.74, 6) is 0.218. The number of thiol groups is 2. The Morgan fingerprint density at radius 3 is 2.28 bits per heavy atom. The van der Waals surface area contributed by atoms with Gasteiger partial charge in [-0.3, -0.25) is 4.57 Å². The van der Waals surface area contributed by atoms with E-state index in [1.807, 2.05) is 0 Å². The Morgan fingerprint density at radius 1 is 1.14 bits per heavy atom. The largest absolute Gasteiger partial charge is 0.394 e. The lowest BCUT2D eigenvalue weighted by atomic mass is 10.1. The normalized spacial score (nSPS) is 23.3. The highest BCUT2D eigenvalue weighted by molar-refractivity contribution is 8.11. The average Bonchev–Trinajstić information content (AvgIpc) is 3.22. The van der Waals surface area contributed by atoms with Crippen molar-refractivity contribution in [2.45, 2.75) is 24.5 Å². The molecule has 0 bridgehead atoms. The molecule has 0 saturated carbocycles. The Hall–Kier alpha value is -1.33. The number of imidazole rings is 1. The van der Waals surface area contributed by atoms with Crippen LogP contribution in [0, 0.1) is 0 Å². The van der Waals surface area contributed by atoms with Crippen molar-refractivity contribution in [3.63, 3.8) is 0 Å². The number of hydrogen-bond acceptors (Lipinski definition) is 10. The quantitative estimate of drug-likeness (QED) is 0.144. The van der Waals surface area contributed by atoms with E-state index in [-0.39, 0.29) is 5.82 Å². The van der Waals surface area contributed by atoms with Crippen LogP contribution in [0.1, 0.15) is 6.23 Å². The standard InChI is InChI=1S/C10H13N5O4.C4H8N2S4/c11-8-5-9(13-2-12-8)15(3-14-5)10-7(18)6(17)4(1-16)19-10;7-3(8)5-1-2-6-4(9)10/h2-4,6-7,10,16-18H,1H2,(H2,11,12,13);1-2H2,(H2,5,7,8)(H2,6,9,10)/t4-,6-,7-,10-;/m1./s1. The minimum Gasteiger partial charge on any atom is -0.394 e. The molecule has 15 heteroatoms. The number of anilines is 1. The molecule has 1 aliphatic heterocycles. The summed E-state index contributed by atoms with van der Waals surface area (Å²) in [5, 5.41) is 34.4. The summed E-state index contributed by atoms with van der Waals surface area (Å²) in [6.07, 6.45) is -1.42. The molecule has 3 rings (SSSR count). The van der Waals surface area contributed by atoms with Crippen LogP contribution in [0.3, 0.4) is 0 Å². The molecule has 160 valence electrons. The van der Waals surface area contributed by atoms with Crippen molar-refractivity contribution < 1.29 is 20.1 Å². The maximum absolute atomic E-state index is 9.95. The SMILES string of the molecule is Nc1ncnc2c1ncn2[C@@H]1O[C@H](CO)[C@@H](O)[C@H]1O.S=C(S)NCCNC(=S)S. The second kappa shape index (κ2) is 11.2. The number of nitrogen functional groups attached to an aromatic ring is 1. The van der Waals surface area contributed by atoms with E-state index in [0.29, 0.717) is 32.9 Å². The van der Waals surface area contributed by atoms with Crippen molar-refractivity contribution >= 4 is 75.3 Å². The Balaban J connectivity index is 0.000000257. The summed E-state index contributed by atoms with van der Waals surface area (Å²) in [6.45, 7) is 1.03. The van der Waals surface area contributed by atoms with E-state index in [2.05, 4.69) is 75.3 Å². The molecule has 2 aromatic rings. The highest BCUT2D eigenvalue weighted by Gasteiger charge is 2.43. The lowest BCUT2D eigenvalue weighted by Gasteiger charge is -2.16. The first-order valence-electron chi connectivity index (χ1n) is 8.25. The number of nitrogens with two attached hydrogens (primary N) is 1. The number of rotatable bonds is 5. The van der Waals surface area contributed by atoms with Crippen LogP contribution in [-0.2, 0) is 4.74 Å². The zero-order valence-corrected chi connectivity index (χ0v) is 18.3. The molecule has 4 atom stereocenters. The van der Waals surface area contributed by atoms with Gasteiger partial charge >= 0.3 is 0 Å². The molecular formula is C14H21N7O4S4. The molecular weight excluding hydrogens is 458 g/mol. The molecule has 2 aromatic heterocycles. The Labute approximate surface area is 187 Å². The Kier molecular flexibility index (Phi) is 9.22. The first-order valence-corrected chi connectivity index (χ1v) is 9.96. The van der Waals surface area contributed by atoms with Gasteiger partial charge < -0.3 is 36.4 Å². The first-order chi connectivity index (χ1) is 13.8. The molecule has 7 N–H and O–H groups in total. The van der Waals surface area contributed by atoms with E-state index < -0.39 is 31.1 Å². The van der Waals surface area contributed by atoms with E-state index in [1.54, 1.807) is 0 Å². The summed E-state index contributed by atoms with van der Waals surface area (Å²) in [6, 6.07) is 0. The summed E-state index contributed by atoms with van der Waals surface area (Å²) >= 11 is 17.0. The second-order valence-corrected chi connectivity index (χ2v) is 8.09. The number of aliphatic hydroxyl groups is 3. The minimum absolute atomic E-state index is 0.218. The molecule has 11 nitrogen and oxygen atoms in total. The summed E-state index contributed by atoms with van der Waals surface area (Å²) in [4.78, 5) is 11.9. The maximum Gasteiger partial charge on any atom is 0.167 e. The van der Waals surface area contributed by atoms with E-state index in [0.717, 1.165) is 0 Å². The predicted molar refractivity (Wildman–Crippen MR) is 122 cm³/mol. The van der Waals surface area contributed by atoms with Crippen molar-refractivity contribution in [1.82, 2.24) is 30.2 Å². The number of nitrogens with one attached hydrogen (secondary N) is 2. The summed E-state index contributed by atoms with van der Waals surface area (Å²) in [5.41, 5.74) is 6.44. The fourth-order valence-corrected chi connectivity index (χ4v) is 2.93. The molecule has 1 saturated heterocycles. The van der Waals surface area contributed by atoms with Gasteiger partial charge in [0.15, 0.2) is 17.7 Å². The van der Waals surface area contributed by atoms with Gasteiger partial charge in [0.05, 0.1) is 12.9 Å². The number of thiocarbonyl (C=S) groups is 2. The maximum atomic E-state index is 9.95. The molecule has 1 aliphatic rings. The zero-order valence-electron chi connectivity index (χ0n) is 14.9. The highest BCUT2D eigenvalue weighted by atomic mass is 32.1. The van der Waals surface area contributed by atoms with E-state index in [4.69, 9.17) is 15.6 Å². The van der Waals surface area contributed by atoms with Gasteiger partial charge in [-0.15, -0.1) is 25.3 Å².